The van der Waals surface area contributed by atoms with E-state index in [1.165, 1.54) is 34.1 Å². The fraction of sp³-hybridized carbons (Fsp3) is 0.600. The molecule has 1 unspecified atom stereocenters. The van der Waals surface area contributed by atoms with Gasteiger partial charge in [0.15, 0.2) is 6.29 Å². The summed E-state index contributed by atoms with van der Waals surface area (Å²) in [5.41, 5.74) is 5.44. The number of thioether (sulfide) groups is 1. The molecule has 3 N–H and O–H groups in total. The number of anilines is 3. The second-order valence-electron chi connectivity index (χ2n) is 6.52. The topological polar surface area (TPSA) is 39.3 Å². The molecule has 4 rings (SSSR count). The molecule has 4 nitrogen and oxygen atoms in total. The molecule has 1 fully saturated rings. The number of hydrogen-bond donors (Lipinski definition) is 3. The lowest BCUT2D eigenvalue weighted by Crippen LogP contribution is -2.47. The molecular formula is C15H22N4S. The molecule has 20 heavy (non-hydrogen) atoms. The third-order valence-corrected chi connectivity index (χ3v) is 5.55. The maximum atomic E-state index is 3.65. The first-order chi connectivity index (χ1) is 9.63. The van der Waals surface area contributed by atoms with Gasteiger partial charge in [-0.25, -0.2) is 0 Å². The molecule has 1 saturated heterocycles. The first kappa shape index (κ1) is 12.7. The number of nitrogens with zero attached hydrogens (tertiary/aromatic N) is 1. The van der Waals surface area contributed by atoms with E-state index in [4.69, 9.17) is 0 Å². The van der Waals surface area contributed by atoms with Crippen molar-refractivity contribution in [2.24, 2.45) is 0 Å². The summed E-state index contributed by atoms with van der Waals surface area (Å²) in [5, 5.41) is 10.8. The Balaban J connectivity index is 1.60. The molecule has 3 aliphatic heterocycles. The van der Waals surface area contributed by atoms with Crippen molar-refractivity contribution >= 4 is 28.8 Å². The monoisotopic (exact) mass is 290 g/mol. The molecule has 3 heterocycles. The Hall–Kier alpha value is -1.07. The maximum Gasteiger partial charge on any atom is 0.155 e. The van der Waals surface area contributed by atoms with Gasteiger partial charge in [0.25, 0.3) is 0 Å². The van der Waals surface area contributed by atoms with Crippen molar-refractivity contribution in [2.45, 2.75) is 25.6 Å². The summed E-state index contributed by atoms with van der Waals surface area (Å²) < 4.78 is 0. The van der Waals surface area contributed by atoms with Crippen LogP contribution in [-0.4, -0.2) is 42.3 Å². The molecule has 0 amide bonds. The zero-order chi connectivity index (χ0) is 13.7. The van der Waals surface area contributed by atoms with Crippen molar-refractivity contribution in [1.82, 2.24) is 4.90 Å². The predicted octanol–water partition coefficient (Wildman–Crippen LogP) is 2.56. The standard InChI is InChI=1S/C15H22N4S/c1-15(2)9-16-11-8-13-12(7-10(11)15)17-14(18-13)19-3-5-20-6-4-19/h7-8,14,16-18H,3-6,9H2,1-2H3. The Morgan fingerprint density at radius 2 is 1.80 bits per heavy atom. The Kier molecular flexibility index (Phi) is 2.82. The second-order valence-corrected chi connectivity index (χ2v) is 7.75. The summed E-state index contributed by atoms with van der Waals surface area (Å²) in [7, 11) is 0. The van der Waals surface area contributed by atoms with E-state index in [1.807, 2.05) is 0 Å². The minimum Gasteiger partial charge on any atom is -0.384 e. The second kappa shape index (κ2) is 4.46. The van der Waals surface area contributed by atoms with Crippen LogP contribution in [0, 0.1) is 0 Å². The molecule has 1 aromatic rings. The third-order valence-electron chi connectivity index (χ3n) is 4.60. The Bertz CT molecular complexity index is 537. The van der Waals surface area contributed by atoms with E-state index in [0.717, 1.165) is 19.6 Å². The van der Waals surface area contributed by atoms with E-state index < -0.39 is 0 Å². The normalized spacial score (nSPS) is 27.2. The molecule has 0 saturated carbocycles. The molecule has 0 bridgehead atoms. The number of hydrogen-bond acceptors (Lipinski definition) is 5. The van der Waals surface area contributed by atoms with Crippen LogP contribution in [0.5, 0.6) is 0 Å². The highest BCUT2D eigenvalue weighted by Gasteiger charge is 2.34. The molecule has 0 radical (unpaired) electrons. The fourth-order valence-electron chi connectivity index (χ4n) is 3.31. The minimum atomic E-state index is 0.228. The summed E-state index contributed by atoms with van der Waals surface area (Å²) in [5.74, 6) is 2.47. The smallest absolute Gasteiger partial charge is 0.155 e. The summed E-state index contributed by atoms with van der Waals surface area (Å²) in [6.45, 7) is 7.96. The molecule has 0 aromatic heterocycles. The van der Waals surface area contributed by atoms with E-state index in [9.17, 15) is 0 Å². The number of fused-ring (bicyclic) bond motifs is 2. The van der Waals surface area contributed by atoms with Crippen molar-refractivity contribution in [1.29, 1.82) is 0 Å². The summed E-state index contributed by atoms with van der Waals surface area (Å²) in [6.07, 6.45) is 0.261. The SMILES string of the molecule is CC1(C)CNc2cc3c(cc21)NC(N1CCSCC1)N3. The van der Waals surface area contributed by atoms with Gasteiger partial charge in [-0.3, -0.25) is 4.90 Å². The number of nitrogens with one attached hydrogen (secondary N) is 3. The van der Waals surface area contributed by atoms with Gasteiger partial charge in [0.2, 0.25) is 0 Å². The van der Waals surface area contributed by atoms with Gasteiger partial charge in [-0.2, -0.15) is 11.8 Å². The number of rotatable bonds is 1. The zero-order valence-electron chi connectivity index (χ0n) is 12.1. The summed E-state index contributed by atoms with van der Waals surface area (Å²) >= 11 is 2.05. The van der Waals surface area contributed by atoms with Crippen LogP contribution in [0.4, 0.5) is 17.1 Å². The minimum absolute atomic E-state index is 0.228. The first-order valence-corrected chi connectivity index (χ1v) is 8.56. The van der Waals surface area contributed by atoms with Gasteiger partial charge < -0.3 is 16.0 Å². The largest absolute Gasteiger partial charge is 0.384 e. The van der Waals surface area contributed by atoms with Crippen LogP contribution in [0.25, 0.3) is 0 Å². The molecule has 1 aromatic carbocycles. The third kappa shape index (κ3) is 1.95. The van der Waals surface area contributed by atoms with Crippen molar-refractivity contribution in [3.63, 3.8) is 0 Å². The Labute approximate surface area is 124 Å². The molecular weight excluding hydrogens is 268 g/mol. The van der Waals surface area contributed by atoms with Gasteiger partial charge in [0.1, 0.15) is 0 Å². The highest BCUT2D eigenvalue weighted by Crippen LogP contribution is 2.43. The van der Waals surface area contributed by atoms with Crippen molar-refractivity contribution < 1.29 is 0 Å². The van der Waals surface area contributed by atoms with E-state index in [-0.39, 0.29) is 11.7 Å². The summed E-state index contributed by atoms with van der Waals surface area (Å²) in [4.78, 5) is 2.50. The van der Waals surface area contributed by atoms with Crippen LogP contribution < -0.4 is 16.0 Å². The lowest BCUT2D eigenvalue weighted by molar-refractivity contribution is 0.262. The van der Waals surface area contributed by atoms with Crippen LogP contribution in [0.1, 0.15) is 19.4 Å². The van der Waals surface area contributed by atoms with Gasteiger partial charge in [-0.05, 0) is 17.7 Å². The average Bonchev–Trinajstić information content (AvgIpc) is 2.99. The molecule has 0 aliphatic carbocycles. The summed E-state index contributed by atoms with van der Waals surface area (Å²) in [6, 6.07) is 4.60. The molecule has 1 atom stereocenters. The molecule has 108 valence electrons. The van der Waals surface area contributed by atoms with Gasteiger partial charge >= 0.3 is 0 Å². The van der Waals surface area contributed by atoms with Crippen LogP contribution in [-0.2, 0) is 5.41 Å². The van der Waals surface area contributed by atoms with E-state index in [0.29, 0.717) is 0 Å². The van der Waals surface area contributed by atoms with Crippen molar-refractivity contribution in [3.8, 4) is 0 Å². The van der Waals surface area contributed by atoms with Gasteiger partial charge in [0, 0.05) is 42.2 Å². The average molecular weight is 290 g/mol. The predicted molar refractivity (Wildman–Crippen MR) is 87.9 cm³/mol. The molecule has 3 aliphatic rings. The Morgan fingerprint density at radius 3 is 2.55 bits per heavy atom. The lowest BCUT2D eigenvalue weighted by atomic mass is 9.86. The first-order valence-electron chi connectivity index (χ1n) is 7.41. The van der Waals surface area contributed by atoms with Crippen molar-refractivity contribution in [3.05, 3.63) is 17.7 Å². The van der Waals surface area contributed by atoms with Gasteiger partial charge in [-0.15, -0.1) is 0 Å². The van der Waals surface area contributed by atoms with Crippen molar-refractivity contribution in [2.75, 3.05) is 47.1 Å². The lowest BCUT2D eigenvalue weighted by Gasteiger charge is -2.32. The Morgan fingerprint density at radius 1 is 1.10 bits per heavy atom. The van der Waals surface area contributed by atoms with Crippen LogP contribution in [0.2, 0.25) is 0 Å². The van der Waals surface area contributed by atoms with E-state index >= 15 is 0 Å². The van der Waals surface area contributed by atoms with E-state index in [1.54, 1.807) is 0 Å². The van der Waals surface area contributed by atoms with E-state index in [2.05, 4.69) is 58.6 Å². The maximum absolute atomic E-state index is 3.65. The van der Waals surface area contributed by atoms with Crippen LogP contribution in [0.15, 0.2) is 12.1 Å². The molecule has 0 spiro atoms. The van der Waals surface area contributed by atoms with Crippen LogP contribution in [0.3, 0.4) is 0 Å². The zero-order valence-corrected chi connectivity index (χ0v) is 12.9. The molecule has 5 heteroatoms. The van der Waals surface area contributed by atoms with Gasteiger partial charge in [0.05, 0.1) is 11.4 Å². The highest BCUT2D eigenvalue weighted by molar-refractivity contribution is 7.99. The van der Waals surface area contributed by atoms with Gasteiger partial charge in [-0.1, -0.05) is 13.8 Å². The number of benzene rings is 1. The fourth-order valence-corrected chi connectivity index (χ4v) is 4.24. The highest BCUT2D eigenvalue weighted by atomic mass is 32.2. The quantitative estimate of drug-likeness (QED) is 0.741. The van der Waals surface area contributed by atoms with Crippen LogP contribution >= 0.6 is 11.8 Å².